The van der Waals surface area contributed by atoms with E-state index in [2.05, 4.69) is 30.1 Å². The average Bonchev–Trinajstić information content (AvgIpc) is 2.92. The minimum absolute atomic E-state index is 0.215. The lowest BCUT2D eigenvalue weighted by molar-refractivity contribution is 0.380. The van der Waals surface area contributed by atoms with Crippen molar-refractivity contribution in [1.82, 2.24) is 24.5 Å². The SMILES string of the molecule is [C-]#[N+]c1cnc(C)nc1N[C@@H](C)c1cc2cccc(-c3cnc(OC)nc3)c2c(=O)n1-c1cccc(F)c1. The average molecular weight is 508 g/mol. The van der Waals surface area contributed by atoms with Gasteiger partial charge in [0.2, 0.25) is 5.69 Å². The molecule has 0 aliphatic carbocycles. The van der Waals surface area contributed by atoms with Gasteiger partial charge in [0.05, 0.1) is 30.8 Å². The number of ether oxygens (including phenoxy) is 1. The van der Waals surface area contributed by atoms with E-state index in [0.29, 0.717) is 44.9 Å². The first-order valence-corrected chi connectivity index (χ1v) is 11.7. The standard InChI is InChI=1S/C28H22FN7O2/c1-16(34-26-23(30-3)15-31-17(2)35-26)24-11-18-7-5-10-22(19-13-32-28(38-4)33-14-19)25(18)27(37)36(24)21-9-6-8-20(29)12-21/h5-16H,1-2,4H3,(H,31,34,35)/t16-/m0/s1. The Labute approximate surface area is 217 Å². The van der Waals surface area contributed by atoms with Gasteiger partial charge >= 0.3 is 6.01 Å². The first-order chi connectivity index (χ1) is 18.4. The number of benzene rings is 2. The second-order valence-electron chi connectivity index (χ2n) is 8.55. The molecule has 188 valence electrons. The number of nitrogens with one attached hydrogen (secondary N) is 1. The highest BCUT2D eigenvalue weighted by Crippen LogP contribution is 2.31. The number of aromatic nitrogens is 5. The molecule has 0 fully saturated rings. The third kappa shape index (κ3) is 4.53. The smallest absolute Gasteiger partial charge is 0.316 e. The van der Waals surface area contributed by atoms with Gasteiger partial charge in [0.15, 0.2) is 0 Å². The summed E-state index contributed by atoms with van der Waals surface area (Å²) in [7, 11) is 1.48. The van der Waals surface area contributed by atoms with Gasteiger partial charge in [0.1, 0.15) is 17.5 Å². The highest BCUT2D eigenvalue weighted by molar-refractivity contribution is 5.96. The van der Waals surface area contributed by atoms with E-state index >= 15 is 0 Å². The first-order valence-electron chi connectivity index (χ1n) is 11.7. The summed E-state index contributed by atoms with van der Waals surface area (Å²) in [5.41, 5.74) is 2.11. The maximum absolute atomic E-state index is 14.3. The van der Waals surface area contributed by atoms with Gasteiger partial charge in [-0.15, -0.1) is 0 Å². The fourth-order valence-electron chi connectivity index (χ4n) is 4.31. The molecule has 3 aromatic heterocycles. The molecule has 0 aliphatic heterocycles. The Hall–Kier alpha value is -5.17. The Kier molecular flexibility index (Phi) is 6.49. The van der Waals surface area contributed by atoms with Gasteiger partial charge in [-0.3, -0.25) is 14.3 Å². The van der Waals surface area contributed by atoms with E-state index in [4.69, 9.17) is 11.3 Å². The Balaban J connectivity index is 1.75. The van der Waals surface area contributed by atoms with Crippen LogP contribution in [0.15, 0.2) is 71.9 Å². The van der Waals surface area contributed by atoms with Gasteiger partial charge in [-0.05, 0) is 49.1 Å². The predicted molar refractivity (Wildman–Crippen MR) is 142 cm³/mol. The molecule has 1 N–H and O–H groups in total. The van der Waals surface area contributed by atoms with Gasteiger partial charge in [0.25, 0.3) is 5.56 Å². The molecule has 3 heterocycles. The number of hydrogen-bond donors (Lipinski definition) is 1. The highest BCUT2D eigenvalue weighted by atomic mass is 19.1. The molecule has 10 heteroatoms. The lowest BCUT2D eigenvalue weighted by atomic mass is 9.99. The molecule has 0 bridgehead atoms. The van der Waals surface area contributed by atoms with Crippen LogP contribution in [0, 0.1) is 19.3 Å². The van der Waals surface area contributed by atoms with Gasteiger partial charge in [0, 0.05) is 29.8 Å². The van der Waals surface area contributed by atoms with E-state index in [9.17, 15) is 9.18 Å². The van der Waals surface area contributed by atoms with Crippen LogP contribution in [0.1, 0.15) is 24.5 Å². The molecule has 5 rings (SSSR count). The quantitative estimate of drug-likeness (QED) is 0.307. The Morgan fingerprint density at radius 2 is 1.84 bits per heavy atom. The summed E-state index contributed by atoms with van der Waals surface area (Å²) >= 11 is 0. The molecule has 2 aromatic carbocycles. The third-order valence-electron chi connectivity index (χ3n) is 6.07. The summed E-state index contributed by atoms with van der Waals surface area (Å²) in [4.78, 5) is 34.5. The van der Waals surface area contributed by atoms with Gasteiger partial charge in [-0.25, -0.2) is 24.2 Å². The first kappa shape index (κ1) is 24.5. The van der Waals surface area contributed by atoms with Crippen LogP contribution in [0.2, 0.25) is 0 Å². The van der Waals surface area contributed by atoms with Crippen molar-refractivity contribution in [3.63, 3.8) is 0 Å². The van der Waals surface area contributed by atoms with E-state index in [1.165, 1.54) is 30.0 Å². The van der Waals surface area contributed by atoms with Crippen molar-refractivity contribution in [1.29, 1.82) is 0 Å². The summed E-state index contributed by atoms with van der Waals surface area (Å²) < 4.78 is 20.9. The van der Waals surface area contributed by atoms with Crippen LogP contribution in [0.3, 0.4) is 0 Å². The van der Waals surface area contributed by atoms with Crippen molar-refractivity contribution < 1.29 is 9.13 Å². The summed E-state index contributed by atoms with van der Waals surface area (Å²) in [6.07, 6.45) is 4.63. The normalized spacial score (nSPS) is 11.7. The molecule has 0 radical (unpaired) electrons. The molecule has 0 saturated carbocycles. The lowest BCUT2D eigenvalue weighted by Crippen LogP contribution is -2.26. The summed E-state index contributed by atoms with van der Waals surface area (Å²) in [6, 6.07) is 13.0. The van der Waals surface area contributed by atoms with Crippen molar-refractivity contribution in [2.45, 2.75) is 19.9 Å². The van der Waals surface area contributed by atoms with E-state index in [0.717, 1.165) is 0 Å². The van der Waals surface area contributed by atoms with Gasteiger partial charge in [-0.2, -0.15) is 0 Å². The van der Waals surface area contributed by atoms with Crippen molar-refractivity contribution in [3.8, 4) is 22.8 Å². The fraction of sp³-hybridized carbons (Fsp3) is 0.143. The van der Waals surface area contributed by atoms with Gasteiger partial charge in [-0.1, -0.05) is 24.3 Å². The Bertz CT molecular complexity index is 1760. The zero-order chi connectivity index (χ0) is 26.8. The molecular formula is C28H22FN7O2. The number of aryl methyl sites for hydroxylation is 1. The molecule has 0 unspecified atom stereocenters. The Morgan fingerprint density at radius 1 is 1.08 bits per heavy atom. The van der Waals surface area contributed by atoms with E-state index in [1.807, 2.05) is 31.2 Å². The van der Waals surface area contributed by atoms with Gasteiger partial charge < -0.3 is 10.1 Å². The molecule has 0 aliphatic rings. The fourth-order valence-corrected chi connectivity index (χ4v) is 4.31. The van der Waals surface area contributed by atoms with Crippen LogP contribution >= 0.6 is 0 Å². The zero-order valence-corrected chi connectivity index (χ0v) is 20.8. The number of pyridine rings is 1. The minimum atomic E-state index is -0.488. The van der Waals surface area contributed by atoms with Crippen LogP contribution < -0.4 is 15.6 Å². The number of methoxy groups -OCH3 is 1. The minimum Gasteiger partial charge on any atom is -0.467 e. The van der Waals surface area contributed by atoms with E-state index in [-0.39, 0.29) is 17.3 Å². The molecule has 38 heavy (non-hydrogen) atoms. The molecular weight excluding hydrogens is 485 g/mol. The number of halogens is 1. The maximum atomic E-state index is 14.3. The number of anilines is 1. The molecule has 1 atom stereocenters. The molecule has 0 saturated heterocycles. The number of fused-ring (bicyclic) bond motifs is 1. The topological polar surface area (TPSA) is 99.2 Å². The molecule has 5 aromatic rings. The summed E-state index contributed by atoms with van der Waals surface area (Å²) in [5.74, 6) is 0.376. The van der Waals surface area contributed by atoms with Crippen molar-refractivity contribution >= 4 is 22.3 Å². The van der Waals surface area contributed by atoms with Crippen LogP contribution in [0.5, 0.6) is 6.01 Å². The maximum Gasteiger partial charge on any atom is 0.316 e. The number of nitrogens with zero attached hydrogens (tertiary/aromatic N) is 6. The third-order valence-corrected chi connectivity index (χ3v) is 6.07. The van der Waals surface area contributed by atoms with Crippen LogP contribution in [0.4, 0.5) is 15.9 Å². The van der Waals surface area contributed by atoms with Crippen LogP contribution in [0.25, 0.3) is 32.4 Å². The van der Waals surface area contributed by atoms with E-state index < -0.39 is 11.9 Å². The van der Waals surface area contributed by atoms with Crippen molar-refractivity contribution in [3.05, 3.63) is 106 Å². The van der Waals surface area contributed by atoms with Crippen LogP contribution in [-0.2, 0) is 0 Å². The number of hydrogen-bond acceptors (Lipinski definition) is 7. The largest absolute Gasteiger partial charge is 0.467 e. The Morgan fingerprint density at radius 3 is 2.55 bits per heavy atom. The molecule has 0 spiro atoms. The van der Waals surface area contributed by atoms with Crippen molar-refractivity contribution in [2.24, 2.45) is 0 Å². The second kappa shape index (κ2) is 10.1. The molecule has 9 nitrogen and oxygen atoms in total. The van der Waals surface area contributed by atoms with Crippen molar-refractivity contribution in [2.75, 3.05) is 12.4 Å². The second-order valence-corrected chi connectivity index (χ2v) is 8.55. The number of rotatable bonds is 6. The zero-order valence-electron chi connectivity index (χ0n) is 20.8. The lowest BCUT2D eigenvalue weighted by Gasteiger charge is -2.22. The monoisotopic (exact) mass is 507 g/mol. The van der Waals surface area contributed by atoms with Crippen LogP contribution in [-0.4, -0.2) is 31.6 Å². The highest BCUT2D eigenvalue weighted by Gasteiger charge is 2.20. The molecule has 0 amide bonds. The predicted octanol–water partition coefficient (Wildman–Crippen LogP) is 5.42. The summed E-state index contributed by atoms with van der Waals surface area (Å²) in [6.45, 7) is 11.0. The van der Waals surface area contributed by atoms with E-state index in [1.54, 1.807) is 31.5 Å². The summed E-state index contributed by atoms with van der Waals surface area (Å²) in [5, 5.41) is 4.36.